The van der Waals surface area contributed by atoms with Gasteiger partial charge in [-0.1, -0.05) is 23.9 Å². The summed E-state index contributed by atoms with van der Waals surface area (Å²) >= 11 is 2.18. The largest absolute Gasteiger partial charge is 0.495 e. The van der Waals surface area contributed by atoms with Crippen LogP contribution in [-0.2, 0) is 4.79 Å². The van der Waals surface area contributed by atoms with Gasteiger partial charge in [0.15, 0.2) is 5.16 Å². The number of amides is 2. The summed E-state index contributed by atoms with van der Waals surface area (Å²) in [5.41, 5.74) is 5.96. The number of nitrogens with two attached hydrogens (primary N) is 1. The number of aromatic nitrogens is 2. The first-order valence-electron chi connectivity index (χ1n) is 8.25. The number of H-pyrrole nitrogens is 1. The van der Waals surface area contributed by atoms with Crippen LogP contribution < -0.4 is 21.3 Å². The first kappa shape index (κ1) is 19.9. The van der Waals surface area contributed by atoms with Crippen LogP contribution in [0.5, 0.6) is 5.75 Å². The van der Waals surface area contributed by atoms with E-state index in [4.69, 9.17) is 10.5 Å². The molecule has 0 aliphatic heterocycles. The summed E-state index contributed by atoms with van der Waals surface area (Å²) in [4.78, 5) is 44.3. The van der Waals surface area contributed by atoms with E-state index in [1.54, 1.807) is 38.1 Å². The Bertz CT molecular complexity index is 1120. The fourth-order valence-electron chi connectivity index (χ4n) is 2.55. The maximum absolute atomic E-state index is 12.8. The number of carbonyl (C=O) groups is 2. The second-order valence-electron chi connectivity index (χ2n) is 5.92. The number of para-hydroxylation sites is 2. The Kier molecular flexibility index (Phi) is 5.71. The van der Waals surface area contributed by atoms with Gasteiger partial charge in [0.1, 0.15) is 10.6 Å². The second-order valence-corrected chi connectivity index (χ2v) is 8.25. The number of benzene rings is 1. The molecule has 4 N–H and O–H groups in total. The quantitative estimate of drug-likeness (QED) is 0.417. The smallest absolute Gasteiger partial charge is 0.266 e. The molecule has 1 unspecified atom stereocenters. The molecule has 8 nitrogen and oxygen atoms in total. The highest BCUT2D eigenvalue weighted by Crippen LogP contribution is 2.31. The molecule has 1 aromatic carbocycles. The number of nitrogens with one attached hydrogen (secondary N) is 2. The molecule has 146 valence electrons. The number of hydrogen-bond acceptors (Lipinski definition) is 7. The van der Waals surface area contributed by atoms with Crippen LogP contribution in [0.1, 0.15) is 22.2 Å². The third-order valence-electron chi connectivity index (χ3n) is 4.03. The minimum absolute atomic E-state index is 0.279. The monoisotopic (exact) mass is 418 g/mol. The summed E-state index contributed by atoms with van der Waals surface area (Å²) in [7, 11) is 1.52. The lowest BCUT2D eigenvalue weighted by atomic mass is 10.2. The van der Waals surface area contributed by atoms with Crippen molar-refractivity contribution in [3.05, 3.63) is 45.1 Å². The van der Waals surface area contributed by atoms with Crippen LogP contribution in [0.15, 0.2) is 34.2 Å². The van der Waals surface area contributed by atoms with E-state index < -0.39 is 11.2 Å². The standard InChI is InChI=1S/C18H18N4O4S2/c1-8-12-15(24)21-18(27-9(2)14(19)23)22-17(12)28-13(8)16(25)20-10-6-4-5-7-11(10)26-3/h4-7,9H,1-3H3,(H2,19,23)(H,20,25)(H,21,22,24). The predicted octanol–water partition coefficient (Wildman–Crippen LogP) is 2.52. The average molecular weight is 419 g/mol. The Morgan fingerprint density at radius 3 is 2.75 bits per heavy atom. The van der Waals surface area contributed by atoms with Crippen LogP contribution in [0, 0.1) is 6.92 Å². The first-order valence-corrected chi connectivity index (χ1v) is 9.95. The van der Waals surface area contributed by atoms with Crippen molar-refractivity contribution in [1.82, 2.24) is 9.97 Å². The number of rotatable bonds is 6. The molecule has 28 heavy (non-hydrogen) atoms. The number of hydrogen-bond donors (Lipinski definition) is 3. The minimum atomic E-state index is -0.546. The Balaban J connectivity index is 1.97. The number of anilines is 1. The van der Waals surface area contributed by atoms with Crippen LogP contribution in [0.25, 0.3) is 10.2 Å². The van der Waals surface area contributed by atoms with Gasteiger partial charge in [0.25, 0.3) is 11.5 Å². The molecular formula is C18H18N4O4S2. The first-order chi connectivity index (χ1) is 13.3. The van der Waals surface area contributed by atoms with Crippen LogP contribution in [0.4, 0.5) is 5.69 Å². The van der Waals surface area contributed by atoms with E-state index in [1.807, 2.05) is 0 Å². The lowest BCUT2D eigenvalue weighted by molar-refractivity contribution is -0.117. The minimum Gasteiger partial charge on any atom is -0.495 e. The summed E-state index contributed by atoms with van der Waals surface area (Å²) in [5, 5.41) is 2.89. The van der Waals surface area contributed by atoms with Crippen molar-refractivity contribution in [2.24, 2.45) is 5.73 Å². The molecule has 2 heterocycles. The number of carbonyl (C=O) groups excluding carboxylic acids is 2. The number of ether oxygens (including phenoxy) is 1. The van der Waals surface area contributed by atoms with Crippen molar-refractivity contribution < 1.29 is 14.3 Å². The number of aromatic amines is 1. The summed E-state index contributed by atoms with van der Waals surface area (Å²) in [6.07, 6.45) is 0. The number of methoxy groups -OCH3 is 1. The molecule has 0 saturated heterocycles. The summed E-state index contributed by atoms with van der Waals surface area (Å²) in [5.74, 6) is -0.333. The summed E-state index contributed by atoms with van der Waals surface area (Å²) < 4.78 is 5.24. The fraction of sp³-hybridized carbons (Fsp3) is 0.222. The molecule has 0 radical (unpaired) electrons. The van der Waals surface area contributed by atoms with Gasteiger partial charge < -0.3 is 20.8 Å². The highest BCUT2D eigenvalue weighted by atomic mass is 32.2. The Morgan fingerprint density at radius 2 is 2.07 bits per heavy atom. The summed E-state index contributed by atoms with van der Waals surface area (Å²) in [6.45, 7) is 3.33. The molecule has 3 aromatic rings. The van der Waals surface area contributed by atoms with Crippen molar-refractivity contribution in [3.63, 3.8) is 0 Å². The van der Waals surface area contributed by atoms with Gasteiger partial charge in [-0.15, -0.1) is 11.3 Å². The molecule has 0 saturated carbocycles. The van der Waals surface area contributed by atoms with E-state index >= 15 is 0 Å². The van der Waals surface area contributed by atoms with Crippen molar-refractivity contribution in [2.45, 2.75) is 24.3 Å². The van der Waals surface area contributed by atoms with Gasteiger partial charge in [-0.3, -0.25) is 14.4 Å². The molecule has 2 amide bonds. The van der Waals surface area contributed by atoms with Gasteiger partial charge >= 0.3 is 0 Å². The highest BCUT2D eigenvalue weighted by molar-refractivity contribution is 8.00. The Morgan fingerprint density at radius 1 is 1.36 bits per heavy atom. The van der Waals surface area contributed by atoms with E-state index in [9.17, 15) is 14.4 Å². The molecule has 1 atom stereocenters. The molecule has 0 aliphatic carbocycles. The number of aryl methyl sites for hydroxylation is 1. The lowest BCUT2D eigenvalue weighted by Crippen LogP contribution is -2.23. The Hall–Kier alpha value is -2.85. The number of thiophene rings is 1. The SMILES string of the molecule is COc1ccccc1NC(=O)c1sc2nc(SC(C)C(N)=O)[nH]c(=O)c2c1C. The highest BCUT2D eigenvalue weighted by Gasteiger charge is 2.21. The molecule has 3 rings (SSSR count). The van der Waals surface area contributed by atoms with Crippen LogP contribution in [0.3, 0.4) is 0 Å². The molecule has 0 aliphatic rings. The van der Waals surface area contributed by atoms with Gasteiger partial charge in [-0.2, -0.15) is 0 Å². The number of primary amides is 1. The summed E-state index contributed by atoms with van der Waals surface area (Å²) in [6, 6.07) is 7.05. The molecular weight excluding hydrogens is 400 g/mol. The molecule has 0 fully saturated rings. The van der Waals surface area contributed by atoms with Crippen molar-refractivity contribution >= 4 is 50.8 Å². The van der Waals surface area contributed by atoms with E-state index in [0.29, 0.717) is 32.1 Å². The van der Waals surface area contributed by atoms with Crippen LogP contribution in [-0.4, -0.2) is 34.1 Å². The van der Waals surface area contributed by atoms with E-state index in [2.05, 4.69) is 15.3 Å². The second kappa shape index (κ2) is 8.03. The fourth-order valence-corrected chi connectivity index (χ4v) is 4.43. The number of thioether (sulfide) groups is 1. The predicted molar refractivity (Wildman–Crippen MR) is 110 cm³/mol. The van der Waals surface area contributed by atoms with Gasteiger partial charge in [0.2, 0.25) is 5.91 Å². The van der Waals surface area contributed by atoms with E-state index in [1.165, 1.54) is 7.11 Å². The van der Waals surface area contributed by atoms with Gasteiger partial charge in [0.05, 0.1) is 28.3 Å². The number of fused-ring (bicyclic) bond motifs is 1. The zero-order chi connectivity index (χ0) is 20.4. The Labute approximate surface area is 168 Å². The maximum Gasteiger partial charge on any atom is 0.266 e. The normalized spacial score (nSPS) is 12.0. The van der Waals surface area contributed by atoms with Crippen molar-refractivity contribution in [3.8, 4) is 5.75 Å². The van der Waals surface area contributed by atoms with E-state index in [0.717, 1.165) is 23.1 Å². The maximum atomic E-state index is 12.8. The molecule has 10 heteroatoms. The van der Waals surface area contributed by atoms with Gasteiger partial charge in [-0.05, 0) is 31.5 Å². The zero-order valence-electron chi connectivity index (χ0n) is 15.4. The molecule has 0 bridgehead atoms. The lowest BCUT2D eigenvalue weighted by Gasteiger charge is -2.09. The van der Waals surface area contributed by atoms with Crippen LogP contribution >= 0.6 is 23.1 Å². The van der Waals surface area contributed by atoms with Gasteiger partial charge in [0, 0.05) is 0 Å². The van der Waals surface area contributed by atoms with E-state index in [-0.39, 0.29) is 16.6 Å². The van der Waals surface area contributed by atoms with Crippen LogP contribution in [0.2, 0.25) is 0 Å². The molecule has 2 aromatic heterocycles. The third-order valence-corrected chi connectivity index (χ3v) is 6.22. The van der Waals surface area contributed by atoms with Crippen molar-refractivity contribution in [1.29, 1.82) is 0 Å². The van der Waals surface area contributed by atoms with Gasteiger partial charge in [-0.25, -0.2) is 4.98 Å². The topological polar surface area (TPSA) is 127 Å². The van der Waals surface area contributed by atoms with Crippen molar-refractivity contribution in [2.75, 3.05) is 12.4 Å². The molecule has 0 spiro atoms. The third kappa shape index (κ3) is 3.87. The zero-order valence-corrected chi connectivity index (χ0v) is 17.0. The average Bonchev–Trinajstić information content (AvgIpc) is 2.99. The number of nitrogens with zero attached hydrogens (tertiary/aromatic N) is 1.